The van der Waals surface area contributed by atoms with Crippen LogP contribution in [0.5, 0.6) is 0 Å². The number of hydrogen-bond acceptors (Lipinski definition) is 1. The SMILES string of the molecule is c1ccc(-c2cccc(N(c3ccccc3)c3ccc(-c4cccc(-n5c6ccccc6c6ccccc65)c4)cc3)c2)cc1. The molecule has 0 N–H and O–H groups in total. The van der Waals surface area contributed by atoms with Crippen LogP contribution in [0.25, 0.3) is 49.7 Å². The van der Waals surface area contributed by atoms with Gasteiger partial charge >= 0.3 is 0 Å². The molecule has 7 aromatic carbocycles. The van der Waals surface area contributed by atoms with Crippen molar-refractivity contribution in [2.75, 3.05) is 4.90 Å². The average molecular weight is 563 g/mol. The van der Waals surface area contributed by atoms with Gasteiger partial charge in [0, 0.05) is 33.5 Å². The summed E-state index contributed by atoms with van der Waals surface area (Å²) >= 11 is 0. The Labute approximate surface area is 257 Å². The van der Waals surface area contributed by atoms with Gasteiger partial charge in [0.15, 0.2) is 0 Å². The van der Waals surface area contributed by atoms with Gasteiger partial charge in [-0.15, -0.1) is 0 Å². The topological polar surface area (TPSA) is 8.17 Å². The second-order valence-corrected chi connectivity index (χ2v) is 11.1. The summed E-state index contributed by atoms with van der Waals surface area (Å²) in [6, 6.07) is 65.0. The van der Waals surface area contributed by atoms with E-state index in [0.717, 1.165) is 22.7 Å². The molecule has 2 heteroatoms. The van der Waals surface area contributed by atoms with Gasteiger partial charge in [0.1, 0.15) is 0 Å². The lowest BCUT2D eigenvalue weighted by molar-refractivity contribution is 1.18. The zero-order chi connectivity index (χ0) is 29.3. The molecule has 0 saturated carbocycles. The quantitative estimate of drug-likeness (QED) is 0.196. The van der Waals surface area contributed by atoms with Crippen molar-refractivity contribution < 1.29 is 0 Å². The van der Waals surface area contributed by atoms with Crippen molar-refractivity contribution in [3.63, 3.8) is 0 Å². The summed E-state index contributed by atoms with van der Waals surface area (Å²) in [6.45, 7) is 0. The maximum absolute atomic E-state index is 2.37. The van der Waals surface area contributed by atoms with Crippen molar-refractivity contribution in [3.8, 4) is 27.9 Å². The van der Waals surface area contributed by atoms with Crippen LogP contribution in [-0.2, 0) is 0 Å². The van der Waals surface area contributed by atoms with Crippen molar-refractivity contribution in [2.24, 2.45) is 0 Å². The van der Waals surface area contributed by atoms with E-state index >= 15 is 0 Å². The van der Waals surface area contributed by atoms with E-state index < -0.39 is 0 Å². The van der Waals surface area contributed by atoms with E-state index in [9.17, 15) is 0 Å². The van der Waals surface area contributed by atoms with Crippen LogP contribution in [0.4, 0.5) is 17.1 Å². The number of fused-ring (bicyclic) bond motifs is 3. The standard InChI is InChI=1S/C42H30N2/c1-3-13-31(14-4-1)33-15-11-19-37(29-33)43(35-17-5-2-6-18-35)36-27-25-32(26-28-36)34-16-12-20-38(30-34)44-41-23-9-7-21-39(41)40-22-8-10-24-42(40)44/h1-30H. The van der Waals surface area contributed by atoms with Gasteiger partial charge in [0.05, 0.1) is 11.0 Å². The van der Waals surface area contributed by atoms with Crippen molar-refractivity contribution in [3.05, 3.63) is 182 Å². The Morgan fingerprint density at radius 1 is 0.318 bits per heavy atom. The van der Waals surface area contributed by atoms with Crippen LogP contribution in [0.15, 0.2) is 182 Å². The zero-order valence-electron chi connectivity index (χ0n) is 24.2. The first-order valence-corrected chi connectivity index (χ1v) is 15.0. The fraction of sp³-hybridized carbons (Fsp3) is 0. The van der Waals surface area contributed by atoms with E-state index in [4.69, 9.17) is 0 Å². The molecule has 0 aliphatic carbocycles. The first kappa shape index (κ1) is 25.8. The lowest BCUT2D eigenvalue weighted by atomic mass is 10.0. The second-order valence-electron chi connectivity index (χ2n) is 11.1. The van der Waals surface area contributed by atoms with Gasteiger partial charge in [0.25, 0.3) is 0 Å². The Bertz CT molecular complexity index is 2160. The van der Waals surface area contributed by atoms with Crippen LogP contribution in [-0.4, -0.2) is 4.57 Å². The second kappa shape index (κ2) is 11.1. The largest absolute Gasteiger partial charge is 0.310 e. The summed E-state index contributed by atoms with van der Waals surface area (Å²) < 4.78 is 2.37. The molecule has 8 rings (SSSR count). The summed E-state index contributed by atoms with van der Waals surface area (Å²) in [7, 11) is 0. The van der Waals surface area contributed by atoms with Gasteiger partial charge in [0.2, 0.25) is 0 Å². The summed E-state index contributed by atoms with van der Waals surface area (Å²) in [4.78, 5) is 2.32. The van der Waals surface area contributed by atoms with E-state index in [1.54, 1.807) is 0 Å². The summed E-state index contributed by atoms with van der Waals surface area (Å²) in [5, 5.41) is 2.55. The van der Waals surface area contributed by atoms with Crippen LogP contribution >= 0.6 is 0 Å². The number of anilines is 3. The van der Waals surface area contributed by atoms with E-state index in [1.165, 1.54) is 44.1 Å². The molecule has 0 radical (unpaired) electrons. The molecule has 0 aliphatic rings. The van der Waals surface area contributed by atoms with Crippen LogP contribution < -0.4 is 4.90 Å². The molecule has 0 amide bonds. The van der Waals surface area contributed by atoms with Gasteiger partial charge in [-0.3, -0.25) is 0 Å². The predicted octanol–water partition coefficient (Wildman–Crippen LogP) is 11.6. The molecule has 0 saturated heterocycles. The number of aromatic nitrogens is 1. The van der Waals surface area contributed by atoms with Crippen molar-refractivity contribution in [2.45, 2.75) is 0 Å². The minimum Gasteiger partial charge on any atom is -0.310 e. The molecule has 0 unspecified atom stereocenters. The lowest BCUT2D eigenvalue weighted by Crippen LogP contribution is -2.09. The van der Waals surface area contributed by atoms with Crippen LogP contribution in [0.1, 0.15) is 0 Å². The Hall–Kier alpha value is -5.86. The molecular formula is C42H30N2. The fourth-order valence-electron chi connectivity index (χ4n) is 6.31. The molecular weight excluding hydrogens is 532 g/mol. The summed E-state index contributed by atoms with van der Waals surface area (Å²) in [5.41, 5.74) is 11.7. The summed E-state index contributed by atoms with van der Waals surface area (Å²) in [5.74, 6) is 0. The van der Waals surface area contributed by atoms with E-state index in [-0.39, 0.29) is 0 Å². The van der Waals surface area contributed by atoms with E-state index in [2.05, 4.69) is 191 Å². The average Bonchev–Trinajstić information content (AvgIpc) is 3.44. The normalized spacial score (nSPS) is 11.2. The predicted molar refractivity (Wildman–Crippen MR) is 186 cm³/mol. The number of para-hydroxylation sites is 3. The molecule has 0 fully saturated rings. The van der Waals surface area contributed by atoms with E-state index in [1.807, 2.05) is 0 Å². The van der Waals surface area contributed by atoms with Gasteiger partial charge < -0.3 is 9.47 Å². The van der Waals surface area contributed by atoms with Crippen molar-refractivity contribution in [1.29, 1.82) is 0 Å². The highest BCUT2D eigenvalue weighted by Gasteiger charge is 2.15. The number of benzene rings is 7. The van der Waals surface area contributed by atoms with Gasteiger partial charge in [-0.25, -0.2) is 0 Å². The maximum atomic E-state index is 2.37. The van der Waals surface area contributed by atoms with E-state index in [0.29, 0.717) is 0 Å². The summed E-state index contributed by atoms with van der Waals surface area (Å²) in [6.07, 6.45) is 0. The Morgan fingerprint density at radius 3 is 1.48 bits per heavy atom. The first-order valence-electron chi connectivity index (χ1n) is 15.0. The van der Waals surface area contributed by atoms with Crippen LogP contribution in [0, 0.1) is 0 Å². The Kier molecular flexibility index (Phi) is 6.51. The van der Waals surface area contributed by atoms with Crippen LogP contribution in [0.3, 0.4) is 0 Å². The molecule has 1 aromatic heterocycles. The maximum Gasteiger partial charge on any atom is 0.0541 e. The monoisotopic (exact) mass is 562 g/mol. The fourth-order valence-corrected chi connectivity index (χ4v) is 6.31. The lowest BCUT2D eigenvalue weighted by Gasteiger charge is -2.26. The highest BCUT2D eigenvalue weighted by Crippen LogP contribution is 2.38. The Balaban J connectivity index is 1.19. The molecule has 0 aliphatic heterocycles. The van der Waals surface area contributed by atoms with Crippen LogP contribution in [0.2, 0.25) is 0 Å². The third-order valence-electron chi connectivity index (χ3n) is 8.37. The number of hydrogen-bond donors (Lipinski definition) is 0. The molecule has 2 nitrogen and oxygen atoms in total. The number of nitrogens with zero attached hydrogens (tertiary/aromatic N) is 2. The zero-order valence-corrected chi connectivity index (χ0v) is 24.2. The number of rotatable bonds is 6. The molecule has 1 heterocycles. The van der Waals surface area contributed by atoms with Crippen molar-refractivity contribution in [1.82, 2.24) is 4.57 Å². The molecule has 208 valence electrons. The van der Waals surface area contributed by atoms with Gasteiger partial charge in [-0.2, -0.15) is 0 Å². The molecule has 0 spiro atoms. The molecule has 0 atom stereocenters. The molecule has 8 aromatic rings. The smallest absolute Gasteiger partial charge is 0.0541 e. The highest BCUT2D eigenvalue weighted by molar-refractivity contribution is 6.09. The third-order valence-corrected chi connectivity index (χ3v) is 8.37. The molecule has 0 bridgehead atoms. The third kappa shape index (κ3) is 4.63. The van der Waals surface area contributed by atoms with Crippen molar-refractivity contribution >= 4 is 38.9 Å². The first-order chi connectivity index (χ1) is 21.8. The highest BCUT2D eigenvalue weighted by atomic mass is 15.1. The Morgan fingerprint density at radius 2 is 0.795 bits per heavy atom. The van der Waals surface area contributed by atoms with Gasteiger partial charge in [-0.05, 0) is 82.9 Å². The van der Waals surface area contributed by atoms with Gasteiger partial charge in [-0.1, -0.05) is 121 Å². The molecule has 44 heavy (non-hydrogen) atoms. The minimum absolute atomic E-state index is 1.11. The minimum atomic E-state index is 1.11.